The molecule has 0 atom stereocenters. The van der Waals surface area contributed by atoms with E-state index in [4.69, 9.17) is 9.84 Å². The van der Waals surface area contributed by atoms with Crippen LogP contribution in [0.4, 0.5) is 0 Å². The highest BCUT2D eigenvalue weighted by atomic mass is 16.5. The van der Waals surface area contributed by atoms with Crippen molar-refractivity contribution in [3.05, 3.63) is 48.3 Å². The highest BCUT2D eigenvalue weighted by Gasteiger charge is 2.05. The first-order valence-electron chi connectivity index (χ1n) is 5.70. The molecule has 18 heavy (non-hydrogen) atoms. The average molecular weight is 246 g/mol. The summed E-state index contributed by atoms with van der Waals surface area (Å²) in [5.41, 5.74) is 0.0685. The molecule has 1 N–H and O–H groups in total. The lowest BCUT2D eigenvalue weighted by molar-refractivity contribution is 0.0689. The quantitative estimate of drug-likeness (QED) is 0.792. The first kappa shape index (κ1) is 12.2. The van der Waals surface area contributed by atoms with Crippen LogP contribution in [0.15, 0.2) is 42.6 Å². The van der Waals surface area contributed by atoms with Crippen LogP contribution in [0.5, 0.6) is 5.75 Å². The van der Waals surface area contributed by atoms with Crippen LogP contribution in [0.1, 0.15) is 16.9 Å². The maximum atomic E-state index is 10.6. The summed E-state index contributed by atoms with van der Waals surface area (Å²) in [7, 11) is 0. The monoisotopic (exact) mass is 246 g/mol. The SMILES string of the molecule is O=C(O)c1ccn(CCCOc2ccccc2)n1. The van der Waals surface area contributed by atoms with E-state index in [9.17, 15) is 4.79 Å². The zero-order valence-electron chi connectivity index (χ0n) is 9.82. The maximum absolute atomic E-state index is 10.6. The third-order valence-corrected chi connectivity index (χ3v) is 2.40. The van der Waals surface area contributed by atoms with Crippen LogP contribution in [0.25, 0.3) is 0 Å². The summed E-state index contributed by atoms with van der Waals surface area (Å²) in [6, 6.07) is 11.1. The van der Waals surface area contributed by atoms with Gasteiger partial charge in [0.2, 0.25) is 0 Å². The molecule has 0 saturated carbocycles. The molecule has 1 heterocycles. The normalized spacial score (nSPS) is 10.2. The van der Waals surface area contributed by atoms with Gasteiger partial charge in [0.05, 0.1) is 6.61 Å². The van der Waals surface area contributed by atoms with Gasteiger partial charge in [-0.05, 0) is 18.2 Å². The van der Waals surface area contributed by atoms with Crippen LogP contribution in [0.2, 0.25) is 0 Å². The molecule has 2 rings (SSSR count). The van der Waals surface area contributed by atoms with Gasteiger partial charge in [0.1, 0.15) is 5.75 Å². The second-order valence-corrected chi connectivity index (χ2v) is 3.78. The summed E-state index contributed by atoms with van der Waals surface area (Å²) in [5.74, 6) is -0.168. The molecular weight excluding hydrogens is 232 g/mol. The molecule has 0 fully saturated rings. The molecule has 0 spiro atoms. The van der Waals surface area contributed by atoms with Crippen molar-refractivity contribution in [3.8, 4) is 5.75 Å². The highest BCUT2D eigenvalue weighted by molar-refractivity contribution is 5.84. The molecule has 2 aromatic rings. The summed E-state index contributed by atoms with van der Waals surface area (Å²) in [4.78, 5) is 10.6. The Labute approximate surface area is 105 Å². The van der Waals surface area contributed by atoms with Gasteiger partial charge >= 0.3 is 5.97 Å². The highest BCUT2D eigenvalue weighted by Crippen LogP contribution is 2.08. The Kier molecular flexibility index (Phi) is 3.96. The van der Waals surface area contributed by atoms with E-state index in [2.05, 4.69) is 5.10 Å². The first-order chi connectivity index (χ1) is 8.75. The zero-order chi connectivity index (χ0) is 12.8. The third kappa shape index (κ3) is 3.35. The molecule has 94 valence electrons. The van der Waals surface area contributed by atoms with Crippen LogP contribution < -0.4 is 4.74 Å². The molecule has 0 aliphatic rings. The maximum Gasteiger partial charge on any atom is 0.356 e. The smallest absolute Gasteiger partial charge is 0.356 e. The molecule has 0 aliphatic heterocycles. The van der Waals surface area contributed by atoms with Crippen molar-refractivity contribution in [3.63, 3.8) is 0 Å². The van der Waals surface area contributed by atoms with E-state index in [1.807, 2.05) is 30.3 Å². The number of para-hydroxylation sites is 1. The number of ether oxygens (including phenoxy) is 1. The predicted molar refractivity (Wildman–Crippen MR) is 65.7 cm³/mol. The fraction of sp³-hybridized carbons (Fsp3) is 0.231. The number of carboxylic acid groups (broad SMARTS) is 1. The number of carbonyl (C=O) groups is 1. The van der Waals surface area contributed by atoms with Gasteiger partial charge in [-0.25, -0.2) is 4.79 Å². The van der Waals surface area contributed by atoms with E-state index < -0.39 is 5.97 Å². The van der Waals surface area contributed by atoms with E-state index in [0.29, 0.717) is 13.2 Å². The number of carboxylic acids is 1. The number of aromatic carboxylic acids is 1. The Hall–Kier alpha value is -2.30. The van der Waals surface area contributed by atoms with E-state index in [1.54, 1.807) is 10.9 Å². The van der Waals surface area contributed by atoms with Crippen molar-refractivity contribution in [2.45, 2.75) is 13.0 Å². The van der Waals surface area contributed by atoms with Crippen molar-refractivity contribution < 1.29 is 14.6 Å². The standard InChI is InChI=1S/C13H14N2O3/c16-13(17)12-7-9-15(14-12)8-4-10-18-11-5-2-1-3-6-11/h1-3,5-7,9H,4,8,10H2,(H,16,17). The zero-order valence-corrected chi connectivity index (χ0v) is 9.82. The lowest BCUT2D eigenvalue weighted by Gasteiger charge is -2.05. The summed E-state index contributed by atoms with van der Waals surface area (Å²) in [5, 5.41) is 12.6. The van der Waals surface area contributed by atoms with Crippen LogP contribution in [-0.4, -0.2) is 27.5 Å². The van der Waals surface area contributed by atoms with Gasteiger partial charge in [0, 0.05) is 19.2 Å². The van der Waals surface area contributed by atoms with Crippen LogP contribution in [0, 0.1) is 0 Å². The molecule has 0 bridgehead atoms. The minimum Gasteiger partial charge on any atom is -0.494 e. The third-order valence-electron chi connectivity index (χ3n) is 2.40. The summed E-state index contributed by atoms with van der Waals surface area (Å²) in [6.45, 7) is 1.21. The number of rotatable bonds is 6. The number of hydrogen-bond donors (Lipinski definition) is 1. The van der Waals surface area contributed by atoms with E-state index >= 15 is 0 Å². The van der Waals surface area contributed by atoms with Gasteiger partial charge < -0.3 is 9.84 Å². The van der Waals surface area contributed by atoms with E-state index in [1.165, 1.54) is 6.07 Å². The first-order valence-corrected chi connectivity index (χ1v) is 5.70. The summed E-state index contributed by atoms with van der Waals surface area (Å²) >= 11 is 0. The molecule has 0 unspecified atom stereocenters. The molecule has 0 radical (unpaired) electrons. The van der Waals surface area contributed by atoms with E-state index in [-0.39, 0.29) is 5.69 Å². The number of nitrogens with zero attached hydrogens (tertiary/aromatic N) is 2. The largest absolute Gasteiger partial charge is 0.494 e. The lowest BCUT2D eigenvalue weighted by Crippen LogP contribution is -2.06. The number of benzene rings is 1. The minimum absolute atomic E-state index is 0.0685. The number of aromatic nitrogens is 2. The predicted octanol–water partition coefficient (Wildman–Crippen LogP) is 2.05. The average Bonchev–Trinajstić information content (AvgIpc) is 2.85. The van der Waals surface area contributed by atoms with Crippen molar-refractivity contribution in [1.29, 1.82) is 0 Å². The molecule has 1 aromatic heterocycles. The van der Waals surface area contributed by atoms with Crippen molar-refractivity contribution in [2.75, 3.05) is 6.61 Å². The van der Waals surface area contributed by atoms with Gasteiger partial charge in [-0.15, -0.1) is 0 Å². The molecule has 5 nitrogen and oxygen atoms in total. The Morgan fingerprint density at radius 2 is 2.06 bits per heavy atom. The Bertz CT molecular complexity index is 508. The molecule has 1 aromatic carbocycles. The Morgan fingerprint density at radius 1 is 1.28 bits per heavy atom. The molecule has 0 saturated heterocycles. The molecule has 0 aliphatic carbocycles. The molecule has 0 amide bonds. The Balaban J connectivity index is 1.73. The molecule has 5 heteroatoms. The second-order valence-electron chi connectivity index (χ2n) is 3.78. The Morgan fingerprint density at radius 3 is 2.72 bits per heavy atom. The summed E-state index contributed by atoms with van der Waals surface area (Å²) < 4.78 is 7.13. The van der Waals surface area contributed by atoms with Gasteiger partial charge in [-0.1, -0.05) is 18.2 Å². The van der Waals surface area contributed by atoms with Crippen LogP contribution in [0.3, 0.4) is 0 Å². The van der Waals surface area contributed by atoms with Crippen molar-refractivity contribution in [1.82, 2.24) is 9.78 Å². The van der Waals surface area contributed by atoms with Crippen LogP contribution >= 0.6 is 0 Å². The minimum atomic E-state index is -1.01. The fourth-order valence-electron chi connectivity index (χ4n) is 1.53. The fourth-order valence-corrected chi connectivity index (χ4v) is 1.53. The summed E-state index contributed by atoms with van der Waals surface area (Å²) in [6.07, 6.45) is 2.43. The second kappa shape index (κ2) is 5.86. The van der Waals surface area contributed by atoms with Crippen LogP contribution in [-0.2, 0) is 6.54 Å². The number of hydrogen-bond acceptors (Lipinski definition) is 3. The van der Waals surface area contributed by atoms with E-state index in [0.717, 1.165) is 12.2 Å². The van der Waals surface area contributed by atoms with Crippen molar-refractivity contribution >= 4 is 5.97 Å². The van der Waals surface area contributed by atoms with Crippen molar-refractivity contribution in [2.24, 2.45) is 0 Å². The number of aryl methyl sites for hydroxylation is 1. The van der Waals surface area contributed by atoms with Gasteiger partial charge in [0.15, 0.2) is 5.69 Å². The van der Waals surface area contributed by atoms with Gasteiger partial charge in [0.25, 0.3) is 0 Å². The topological polar surface area (TPSA) is 64.3 Å². The van der Waals surface area contributed by atoms with Gasteiger partial charge in [-0.3, -0.25) is 4.68 Å². The lowest BCUT2D eigenvalue weighted by atomic mass is 10.3. The van der Waals surface area contributed by atoms with Gasteiger partial charge in [-0.2, -0.15) is 5.10 Å². The molecular formula is C13H14N2O3.